The number of fused-ring (bicyclic) bond motifs is 3. The summed E-state index contributed by atoms with van der Waals surface area (Å²) in [5.41, 5.74) is 2.92. The first-order chi connectivity index (χ1) is 10.1. The Bertz CT molecular complexity index is 903. The molecule has 3 aromatic rings. The molecule has 1 fully saturated rings. The third kappa shape index (κ3) is 1.94. The summed E-state index contributed by atoms with van der Waals surface area (Å²) in [6.07, 6.45) is 6.50. The zero-order valence-corrected chi connectivity index (χ0v) is 13.4. The summed E-state index contributed by atoms with van der Waals surface area (Å²) >= 11 is 3.60. The molecule has 4 nitrogen and oxygen atoms in total. The Morgan fingerprint density at radius 1 is 1.29 bits per heavy atom. The number of aromatic amines is 1. The van der Waals surface area contributed by atoms with Gasteiger partial charge in [0.25, 0.3) is 5.56 Å². The lowest BCUT2D eigenvalue weighted by molar-refractivity contribution is 0.482. The van der Waals surface area contributed by atoms with Crippen molar-refractivity contribution in [2.24, 2.45) is 0 Å². The first kappa shape index (κ1) is 13.1. The van der Waals surface area contributed by atoms with Gasteiger partial charge in [-0.15, -0.1) is 0 Å². The van der Waals surface area contributed by atoms with Crippen LogP contribution in [-0.2, 0) is 0 Å². The lowest BCUT2D eigenvalue weighted by atomic mass is 10.1. The third-order valence-corrected chi connectivity index (χ3v) is 5.37. The summed E-state index contributed by atoms with van der Waals surface area (Å²) in [6, 6.07) is 4.54. The van der Waals surface area contributed by atoms with E-state index in [0.717, 1.165) is 39.3 Å². The number of halogens is 1. The van der Waals surface area contributed by atoms with Crippen LogP contribution in [0.15, 0.2) is 27.6 Å². The molecule has 21 heavy (non-hydrogen) atoms. The highest BCUT2D eigenvalue weighted by Gasteiger charge is 2.21. The molecule has 4 rings (SSSR count). The summed E-state index contributed by atoms with van der Waals surface area (Å²) in [5, 5.41) is 6.27. The molecule has 2 aromatic heterocycles. The van der Waals surface area contributed by atoms with Gasteiger partial charge in [-0.25, -0.2) is 0 Å². The second-order valence-electron chi connectivity index (χ2n) is 5.89. The van der Waals surface area contributed by atoms with Gasteiger partial charge in [0, 0.05) is 9.86 Å². The fourth-order valence-corrected chi connectivity index (χ4v) is 3.74. The molecule has 1 saturated carbocycles. The maximum atomic E-state index is 12.3. The molecule has 1 N–H and O–H groups in total. The Balaban J connectivity index is 2.13. The smallest absolute Gasteiger partial charge is 0.259 e. The van der Waals surface area contributed by atoms with Crippen molar-refractivity contribution in [1.29, 1.82) is 0 Å². The molecule has 0 amide bonds. The van der Waals surface area contributed by atoms with Crippen LogP contribution < -0.4 is 5.56 Å². The fraction of sp³-hybridized carbons (Fsp3) is 0.375. The summed E-state index contributed by atoms with van der Waals surface area (Å²) in [5.74, 6) is 0. The third-order valence-electron chi connectivity index (χ3n) is 4.51. The predicted molar refractivity (Wildman–Crippen MR) is 87.8 cm³/mol. The first-order valence-corrected chi connectivity index (χ1v) is 8.14. The van der Waals surface area contributed by atoms with Gasteiger partial charge in [0.1, 0.15) is 0 Å². The van der Waals surface area contributed by atoms with Gasteiger partial charge in [-0.2, -0.15) is 5.10 Å². The first-order valence-electron chi connectivity index (χ1n) is 7.34. The van der Waals surface area contributed by atoms with Crippen molar-refractivity contribution < 1.29 is 0 Å². The fourth-order valence-electron chi connectivity index (χ4n) is 3.39. The van der Waals surface area contributed by atoms with Crippen LogP contribution in [0.4, 0.5) is 0 Å². The molecular weight excluding hydrogens is 330 g/mol. The molecule has 1 aromatic carbocycles. The number of nitrogens with zero attached hydrogens (tertiary/aromatic N) is 2. The minimum atomic E-state index is -0.0523. The Morgan fingerprint density at radius 2 is 2.05 bits per heavy atom. The Morgan fingerprint density at radius 3 is 2.81 bits per heavy atom. The molecule has 1 aliphatic carbocycles. The number of hydrogen-bond acceptors (Lipinski definition) is 2. The highest BCUT2D eigenvalue weighted by molar-refractivity contribution is 9.10. The van der Waals surface area contributed by atoms with Crippen LogP contribution in [-0.4, -0.2) is 14.8 Å². The molecule has 0 bridgehead atoms. The molecule has 0 saturated heterocycles. The molecule has 108 valence electrons. The van der Waals surface area contributed by atoms with Crippen molar-refractivity contribution >= 4 is 37.7 Å². The van der Waals surface area contributed by atoms with E-state index < -0.39 is 0 Å². The molecule has 0 radical (unpaired) electrons. The number of H-pyrrole nitrogens is 1. The molecular formula is C16H16BrN3O. The van der Waals surface area contributed by atoms with E-state index in [4.69, 9.17) is 0 Å². The highest BCUT2D eigenvalue weighted by Crippen LogP contribution is 2.34. The van der Waals surface area contributed by atoms with Gasteiger partial charge >= 0.3 is 0 Å². The number of rotatable bonds is 1. The minimum Gasteiger partial charge on any atom is -0.321 e. The number of pyridine rings is 1. The zero-order valence-electron chi connectivity index (χ0n) is 11.8. The van der Waals surface area contributed by atoms with E-state index in [9.17, 15) is 4.79 Å². The second kappa shape index (κ2) is 4.70. The van der Waals surface area contributed by atoms with Crippen LogP contribution in [0.1, 0.15) is 37.3 Å². The number of nitrogens with one attached hydrogen (secondary N) is 1. The molecule has 1 aliphatic rings. The topological polar surface area (TPSA) is 50.7 Å². The summed E-state index contributed by atoms with van der Waals surface area (Å²) in [4.78, 5) is 15.3. The van der Waals surface area contributed by atoms with Crippen molar-refractivity contribution in [3.8, 4) is 0 Å². The van der Waals surface area contributed by atoms with Crippen molar-refractivity contribution in [1.82, 2.24) is 14.8 Å². The average Bonchev–Trinajstić information content (AvgIpc) is 3.09. The Labute approximate surface area is 130 Å². The van der Waals surface area contributed by atoms with Crippen LogP contribution in [0.5, 0.6) is 0 Å². The largest absolute Gasteiger partial charge is 0.321 e. The van der Waals surface area contributed by atoms with E-state index >= 15 is 0 Å². The monoisotopic (exact) mass is 345 g/mol. The SMILES string of the molecule is Cc1cc2[nH]c(=O)c3cnn(C4CCCC4)c3c2cc1Br. The van der Waals surface area contributed by atoms with Gasteiger partial charge in [-0.05, 0) is 37.5 Å². The summed E-state index contributed by atoms with van der Waals surface area (Å²) in [7, 11) is 0. The van der Waals surface area contributed by atoms with E-state index in [-0.39, 0.29) is 5.56 Å². The highest BCUT2D eigenvalue weighted by atomic mass is 79.9. The summed E-state index contributed by atoms with van der Waals surface area (Å²) in [6.45, 7) is 2.03. The van der Waals surface area contributed by atoms with Crippen molar-refractivity contribution in [3.05, 3.63) is 38.7 Å². The van der Waals surface area contributed by atoms with E-state index in [1.807, 2.05) is 13.0 Å². The van der Waals surface area contributed by atoms with Gasteiger partial charge < -0.3 is 4.98 Å². The standard InChI is InChI=1S/C16H16BrN3O/c1-9-6-14-11(7-13(9)17)15-12(16(21)19-14)8-18-20(15)10-4-2-3-5-10/h6-8,10H,2-5H2,1H3,(H,19,21). The lowest BCUT2D eigenvalue weighted by Gasteiger charge is -2.13. The van der Waals surface area contributed by atoms with E-state index in [2.05, 4.69) is 36.8 Å². The molecule has 2 heterocycles. The maximum Gasteiger partial charge on any atom is 0.259 e. The van der Waals surface area contributed by atoms with Crippen LogP contribution in [0.2, 0.25) is 0 Å². The molecule has 0 aliphatic heterocycles. The zero-order chi connectivity index (χ0) is 14.6. The van der Waals surface area contributed by atoms with Gasteiger partial charge in [0.05, 0.1) is 28.7 Å². The quantitative estimate of drug-likeness (QED) is 0.722. The Kier molecular flexibility index (Phi) is 2.92. The number of benzene rings is 1. The minimum absolute atomic E-state index is 0.0523. The summed E-state index contributed by atoms with van der Waals surface area (Å²) < 4.78 is 3.13. The van der Waals surface area contributed by atoms with E-state index in [1.165, 1.54) is 12.8 Å². The molecule has 0 unspecified atom stereocenters. The van der Waals surface area contributed by atoms with Gasteiger partial charge in [-0.3, -0.25) is 9.48 Å². The number of aromatic nitrogens is 3. The molecule has 0 atom stereocenters. The van der Waals surface area contributed by atoms with Gasteiger partial charge in [-0.1, -0.05) is 28.8 Å². The molecule has 5 heteroatoms. The van der Waals surface area contributed by atoms with Crippen LogP contribution in [0, 0.1) is 6.92 Å². The van der Waals surface area contributed by atoms with Crippen LogP contribution in [0.3, 0.4) is 0 Å². The number of hydrogen-bond donors (Lipinski definition) is 1. The van der Waals surface area contributed by atoms with Crippen molar-refractivity contribution in [3.63, 3.8) is 0 Å². The van der Waals surface area contributed by atoms with E-state index in [0.29, 0.717) is 11.4 Å². The normalized spacial score (nSPS) is 16.3. The van der Waals surface area contributed by atoms with Crippen molar-refractivity contribution in [2.75, 3.05) is 0 Å². The lowest BCUT2D eigenvalue weighted by Crippen LogP contribution is -2.10. The average molecular weight is 346 g/mol. The van der Waals surface area contributed by atoms with Gasteiger partial charge in [0.15, 0.2) is 0 Å². The Hall–Kier alpha value is -1.62. The van der Waals surface area contributed by atoms with Gasteiger partial charge in [0.2, 0.25) is 0 Å². The molecule has 0 spiro atoms. The van der Waals surface area contributed by atoms with Crippen molar-refractivity contribution in [2.45, 2.75) is 38.6 Å². The van der Waals surface area contributed by atoms with Crippen LogP contribution in [0.25, 0.3) is 21.8 Å². The number of aryl methyl sites for hydroxylation is 1. The van der Waals surface area contributed by atoms with Crippen LogP contribution >= 0.6 is 15.9 Å². The second-order valence-corrected chi connectivity index (χ2v) is 6.75. The predicted octanol–water partition coefficient (Wildman–Crippen LogP) is 4.06. The maximum absolute atomic E-state index is 12.3. The van der Waals surface area contributed by atoms with E-state index in [1.54, 1.807) is 6.20 Å².